The van der Waals surface area contributed by atoms with Crippen LogP contribution in [0.15, 0.2) is 42.5 Å². The summed E-state index contributed by atoms with van der Waals surface area (Å²) in [4.78, 5) is 23.8. The highest BCUT2D eigenvalue weighted by Crippen LogP contribution is 2.16. The third kappa shape index (κ3) is 4.59. The molecule has 1 atom stereocenters. The van der Waals surface area contributed by atoms with E-state index in [0.717, 1.165) is 11.1 Å². The van der Waals surface area contributed by atoms with E-state index in [0.29, 0.717) is 0 Å². The number of esters is 1. The van der Waals surface area contributed by atoms with Gasteiger partial charge < -0.3 is 15.2 Å². The van der Waals surface area contributed by atoms with Crippen molar-refractivity contribution in [1.29, 1.82) is 0 Å². The van der Waals surface area contributed by atoms with Crippen molar-refractivity contribution in [3.05, 3.63) is 64.7 Å². The number of hydrogen-bond donors (Lipinski definition) is 2. The Hall–Kier alpha value is -2.82. The third-order valence-corrected chi connectivity index (χ3v) is 3.85. The van der Waals surface area contributed by atoms with E-state index in [1.165, 1.54) is 29.8 Å². The summed E-state index contributed by atoms with van der Waals surface area (Å²) in [5, 5.41) is 12.0. The smallest absolute Gasteiger partial charge is 0.338 e. The molecule has 0 saturated carbocycles. The number of nitrogens with one attached hydrogen (secondary N) is 1. The van der Waals surface area contributed by atoms with Gasteiger partial charge in [0.05, 0.1) is 11.6 Å². The minimum Gasteiger partial charge on any atom is -0.508 e. The van der Waals surface area contributed by atoms with E-state index in [1.54, 1.807) is 0 Å². The molecule has 5 heteroatoms. The fourth-order valence-electron chi connectivity index (χ4n) is 2.21. The van der Waals surface area contributed by atoms with Gasteiger partial charge in [0.25, 0.3) is 5.91 Å². The summed E-state index contributed by atoms with van der Waals surface area (Å²) in [7, 11) is 0. The molecule has 0 saturated heterocycles. The number of phenolic OH excluding ortho intramolecular Hbond substituents is 1. The Labute approximate surface area is 141 Å². The molecule has 0 aliphatic rings. The first-order chi connectivity index (χ1) is 11.4. The van der Waals surface area contributed by atoms with Gasteiger partial charge in [-0.15, -0.1) is 0 Å². The topological polar surface area (TPSA) is 75.6 Å². The largest absolute Gasteiger partial charge is 0.508 e. The predicted octanol–water partition coefficient (Wildman–Crippen LogP) is 3.04. The minimum absolute atomic E-state index is 0.0616. The van der Waals surface area contributed by atoms with Crippen molar-refractivity contribution < 1.29 is 19.4 Å². The minimum atomic E-state index is -0.607. The fourth-order valence-corrected chi connectivity index (χ4v) is 2.21. The van der Waals surface area contributed by atoms with Crippen LogP contribution in [0.4, 0.5) is 0 Å². The van der Waals surface area contributed by atoms with E-state index in [4.69, 9.17) is 4.74 Å². The lowest BCUT2D eigenvalue weighted by molar-refractivity contribution is -0.124. The maximum Gasteiger partial charge on any atom is 0.338 e. The lowest BCUT2D eigenvalue weighted by Crippen LogP contribution is -2.31. The molecule has 2 aromatic rings. The lowest BCUT2D eigenvalue weighted by Gasteiger charge is -2.15. The van der Waals surface area contributed by atoms with E-state index >= 15 is 0 Å². The molecule has 0 aromatic heterocycles. The van der Waals surface area contributed by atoms with Gasteiger partial charge in [0.15, 0.2) is 6.61 Å². The zero-order valence-electron chi connectivity index (χ0n) is 14.0. The number of aryl methyl sites for hydroxylation is 2. The summed E-state index contributed by atoms with van der Waals surface area (Å²) in [6, 6.07) is 11.5. The van der Waals surface area contributed by atoms with Crippen molar-refractivity contribution in [3.63, 3.8) is 0 Å². The van der Waals surface area contributed by atoms with Crippen LogP contribution in [-0.2, 0) is 9.53 Å². The predicted molar refractivity (Wildman–Crippen MR) is 90.9 cm³/mol. The molecule has 126 valence electrons. The Kier molecular flexibility index (Phi) is 5.58. The SMILES string of the molecule is Cc1ccc([C@@H](C)NC(=O)COC(=O)c2ccc(O)cc2)cc1C. The van der Waals surface area contributed by atoms with Gasteiger partial charge in [-0.2, -0.15) is 0 Å². The number of rotatable bonds is 5. The molecule has 0 heterocycles. The highest BCUT2D eigenvalue weighted by atomic mass is 16.5. The Bertz CT molecular complexity index is 738. The Balaban J connectivity index is 1.87. The van der Waals surface area contributed by atoms with Gasteiger partial charge in [-0.3, -0.25) is 4.79 Å². The molecule has 2 N–H and O–H groups in total. The van der Waals surface area contributed by atoms with Crippen molar-refractivity contribution in [2.75, 3.05) is 6.61 Å². The maximum atomic E-state index is 11.9. The Morgan fingerprint density at radius 2 is 1.75 bits per heavy atom. The molecule has 0 aliphatic heterocycles. The average molecular weight is 327 g/mol. The monoisotopic (exact) mass is 327 g/mol. The first-order valence-electron chi connectivity index (χ1n) is 7.69. The molecule has 0 spiro atoms. The van der Waals surface area contributed by atoms with Gasteiger partial charge in [-0.25, -0.2) is 4.79 Å². The molecule has 0 aliphatic carbocycles. The maximum absolute atomic E-state index is 11.9. The Morgan fingerprint density at radius 3 is 2.38 bits per heavy atom. The van der Waals surface area contributed by atoms with Crippen LogP contribution >= 0.6 is 0 Å². The molecule has 2 aromatic carbocycles. The van der Waals surface area contributed by atoms with Gasteiger partial charge in [0, 0.05) is 0 Å². The van der Waals surface area contributed by atoms with Crippen molar-refractivity contribution >= 4 is 11.9 Å². The second-order valence-electron chi connectivity index (χ2n) is 5.76. The number of carbonyl (C=O) groups excluding carboxylic acids is 2. The molecule has 0 fully saturated rings. The van der Waals surface area contributed by atoms with Gasteiger partial charge in [-0.05, 0) is 61.7 Å². The van der Waals surface area contributed by atoms with E-state index in [-0.39, 0.29) is 29.9 Å². The summed E-state index contributed by atoms with van der Waals surface area (Å²) in [6.45, 7) is 5.58. The summed E-state index contributed by atoms with van der Waals surface area (Å²) in [5.74, 6) is -0.914. The summed E-state index contributed by atoms with van der Waals surface area (Å²) in [5.41, 5.74) is 3.63. The zero-order valence-corrected chi connectivity index (χ0v) is 14.0. The van der Waals surface area contributed by atoms with Crippen LogP contribution in [0.2, 0.25) is 0 Å². The number of ether oxygens (including phenoxy) is 1. The average Bonchev–Trinajstić information content (AvgIpc) is 2.55. The van der Waals surface area contributed by atoms with Crippen molar-refractivity contribution in [2.45, 2.75) is 26.8 Å². The molecule has 0 bridgehead atoms. The van der Waals surface area contributed by atoms with Crippen molar-refractivity contribution in [1.82, 2.24) is 5.32 Å². The first-order valence-corrected chi connectivity index (χ1v) is 7.69. The first kappa shape index (κ1) is 17.5. The number of aromatic hydroxyl groups is 1. The van der Waals surface area contributed by atoms with Crippen LogP contribution in [0.25, 0.3) is 0 Å². The van der Waals surface area contributed by atoms with E-state index in [1.807, 2.05) is 39.0 Å². The quantitative estimate of drug-likeness (QED) is 0.828. The molecule has 0 radical (unpaired) electrons. The van der Waals surface area contributed by atoms with Gasteiger partial charge in [0.1, 0.15) is 5.75 Å². The number of phenols is 1. The standard InChI is InChI=1S/C19H21NO4/c1-12-4-5-16(10-13(12)2)14(3)20-18(22)11-24-19(23)15-6-8-17(21)9-7-15/h4-10,14,21H,11H2,1-3H3,(H,20,22)/t14-/m1/s1. The molecule has 1 amide bonds. The van der Waals surface area contributed by atoms with Crippen LogP contribution in [0, 0.1) is 13.8 Å². The number of benzene rings is 2. The number of hydrogen-bond acceptors (Lipinski definition) is 4. The van der Waals surface area contributed by atoms with Crippen molar-refractivity contribution in [3.8, 4) is 5.75 Å². The lowest BCUT2D eigenvalue weighted by atomic mass is 10.0. The number of carbonyl (C=O) groups is 2. The van der Waals surface area contributed by atoms with Gasteiger partial charge in [0.2, 0.25) is 0 Å². The van der Waals surface area contributed by atoms with Crippen molar-refractivity contribution in [2.24, 2.45) is 0 Å². The highest BCUT2D eigenvalue weighted by Gasteiger charge is 2.13. The summed E-state index contributed by atoms with van der Waals surface area (Å²) < 4.78 is 4.98. The van der Waals surface area contributed by atoms with Crippen LogP contribution in [0.3, 0.4) is 0 Å². The molecule has 0 unspecified atom stereocenters. The van der Waals surface area contributed by atoms with Gasteiger partial charge >= 0.3 is 5.97 Å². The molecule has 2 rings (SSSR count). The van der Waals surface area contributed by atoms with Crippen LogP contribution in [0.1, 0.15) is 40.0 Å². The Morgan fingerprint density at radius 1 is 1.08 bits per heavy atom. The number of amides is 1. The molecular formula is C19H21NO4. The molecule has 24 heavy (non-hydrogen) atoms. The van der Waals surface area contributed by atoms with E-state index in [2.05, 4.69) is 5.32 Å². The fraction of sp³-hybridized carbons (Fsp3) is 0.263. The zero-order chi connectivity index (χ0) is 17.7. The van der Waals surface area contributed by atoms with E-state index in [9.17, 15) is 14.7 Å². The molecular weight excluding hydrogens is 306 g/mol. The normalized spacial score (nSPS) is 11.6. The van der Waals surface area contributed by atoms with Crippen LogP contribution in [-0.4, -0.2) is 23.6 Å². The van der Waals surface area contributed by atoms with Gasteiger partial charge in [-0.1, -0.05) is 18.2 Å². The van der Waals surface area contributed by atoms with Crippen LogP contribution < -0.4 is 5.32 Å². The summed E-state index contributed by atoms with van der Waals surface area (Å²) >= 11 is 0. The second-order valence-corrected chi connectivity index (χ2v) is 5.76. The highest BCUT2D eigenvalue weighted by molar-refractivity contribution is 5.91. The third-order valence-electron chi connectivity index (χ3n) is 3.85. The van der Waals surface area contributed by atoms with Crippen LogP contribution in [0.5, 0.6) is 5.75 Å². The summed E-state index contributed by atoms with van der Waals surface area (Å²) in [6.07, 6.45) is 0. The molecule has 5 nitrogen and oxygen atoms in total. The van der Waals surface area contributed by atoms with E-state index < -0.39 is 5.97 Å². The second kappa shape index (κ2) is 7.64.